The summed E-state index contributed by atoms with van der Waals surface area (Å²) in [6.07, 6.45) is 5.34. The van der Waals surface area contributed by atoms with Gasteiger partial charge in [-0.25, -0.2) is 0 Å². The van der Waals surface area contributed by atoms with E-state index in [0.29, 0.717) is 31.4 Å². The second kappa shape index (κ2) is 7.39. The maximum absolute atomic E-state index is 14.9. The van der Waals surface area contributed by atoms with Gasteiger partial charge >= 0.3 is 162 Å². The van der Waals surface area contributed by atoms with Crippen LogP contribution in [0.5, 0.6) is 5.88 Å². The van der Waals surface area contributed by atoms with Gasteiger partial charge in [0.1, 0.15) is 0 Å². The Bertz CT molecular complexity index is 856. The number of hydrogen-bond donors (Lipinski definition) is 1. The standard InChI is InChI=1S/C18H20BFN4O4/c1-24-16(25)12-4-5-26-9-18(12,23-17(24)19-28-10-21)13-6-15(22-7-14(13)20)27-8-11-2-3-11/h6-7,11-12,23H,2-5,8-9H2,1H3. The van der Waals surface area contributed by atoms with Crippen molar-refractivity contribution in [1.29, 1.82) is 5.26 Å². The number of carbonyl (C=O) groups is 1. The molecule has 0 spiro atoms. The van der Waals surface area contributed by atoms with Crippen molar-refractivity contribution in [2.45, 2.75) is 24.8 Å². The van der Waals surface area contributed by atoms with Crippen LogP contribution in [0.25, 0.3) is 0 Å². The summed E-state index contributed by atoms with van der Waals surface area (Å²) in [6, 6.07) is 1.54. The summed E-state index contributed by atoms with van der Waals surface area (Å²) < 4.78 is 30.9. The Morgan fingerprint density at radius 3 is 3.11 bits per heavy atom. The van der Waals surface area contributed by atoms with Crippen LogP contribution in [0.1, 0.15) is 24.8 Å². The van der Waals surface area contributed by atoms with Gasteiger partial charge in [0.25, 0.3) is 0 Å². The fourth-order valence-electron chi connectivity index (χ4n) is 3.76. The van der Waals surface area contributed by atoms with E-state index < -0.39 is 17.3 Å². The molecular weight excluding hydrogens is 366 g/mol. The molecule has 0 radical (unpaired) electrons. The molecule has 2 atom stereocenters. The zero-order valence-corrected chi connectivity index (χ0v) is 15.5. The molecule has 0 bridgehead atoms. The topological polar surface area (TPSA) is 96.7 Å². The van der Waals surface area contributed by atoms with Crippen molar-refractivity contribution < 1.29 is 23.3 Å². The van der Waals surface area contributed by atoms with E-state index in [1.54, 1.807) is 7.05 Å². The number of aromatic nitrogens is 1. The SMILES string of the molecule is CN1C(=O)C2CCOCC2(c2cc(OCC3CC3)ncc2F)NC1=BOC#N. The molecule has 3 heterocycles. The quantitative estimate of drug-likeness (QED) is 0.582. The number of nitrogens with one attached hydrogen (secondary N) is 1. The number of carbonyl (C=O) groups excluding carboxylic acids is 1. The molecule has 2 saturated heterocycles. The number of halogens is 1. The first-order valence-electron chi connectivity index (χ1n) is 9.22. The van der Waals surface area contributed by atoms with Crippen molar-refractivity contribution in [3.8, 4) is 12.1 Å². The molecule has 8 nitrogen and oxygen atoms in total. The molecule has 2 unspecified atom stereocenters. The molecule has 28 heavy (non-hydrogen) atoms. The average Bonchev–Trinajstić information content (AvgIpc) is 3.53. The molecule has 3 fully saturated rings. The molecule has 0 aromatic carbocycles. The second-order valence-electron chi connectivity index (χ2n) is 7.36. The molecule has 146 valence electrons. The fourth-order valence-corrected chi connectivity index (χ4v) is 3.76. The molecule has 4 rings (SSSR count). The van der Waals surface area contributed by atoms with Crippen LogP contribution in [-0.2, 0) is 19.7 Å². The minimum absolute atomic E-state index is 0.0874. The molecule has 10 heteroatoms. The first kappa shape index (κ1) is 18.7. The summed E-state index contributed by atoms with van der Waals surface area (Å²) >= 11 is 0. The number of hydrogen-bond acceptors (Lipinski definition) is 7. The Morgan fingerprint density at radius 1 is 1.54 bits per heavy atom. The maximum atomic E-state index is 14.9. The third-order valence-electron chi connectivity index (χ3n) is 5.51. The van der Waals surface area contributed by atoms with Gasteiger partial charge < -0.3 is 0 Å². The van der Waals surface area contributed by atoms with Gasteiger partial charge in [0.05, 0.1) is 0 Å². The first-order valence-corrected chi connectivity index (χ1v) is 9.22. The summed E-state index contributed by atoms with van der Waals surface area (Å²) in [5.74, 6) is -0.459. The van der Waals surface area contributed by atoms with Crippen LogP contribution in [0.4, 0.5) is 4.39 Å². The second-order valence-corrected chi connectivity index (χ2v) is 7.36. The van der Waals surface area contributed by atoms with Crippen LogP contribution in [-0.4, -0.2) is 55.5 Å². The summed E-state index contributed by atoms with van der Waals surface area (Å²) in [6.45, 7) is 1.03. The van der Waals surface area contributed by atoms with Crippen LogP contribution in [0.15, 0.2) is 12.3 Å². The Hall–Kier alpha value is -2.67. The van der Waals surface area contributed by atoms with Gasteiger partial charge in [-0.2, -0.15) is 0 Å². The van der Waals surface area contributed by atoms with Crippen molar-refractivity contribution in [2.24, 2.45) is 11.8 Å². The third-order valence-corrected chi connectivity index (χ3v) is 5.51. The summed E-state index contributed by atoms with van der Waals surface area (Å²) in [5.41, 5.74) is -0.635. The van der Waals surface area contributed by atoms with E-state index in [4.69, 9.17) is 19.4 Å². The Balaban J connectivity index is 1.74. The Labute approximate surface area is 162 Å². The first-order chi connectivity index (χ1) is 13.5. The molecule has 1 aliphatic carbocycles. The average molecular weight is 386 g/mol. The summed E-state index contributed by atoms with van der Waals surface area (Å²) in [4.78, 5) is 18.4. The van der Waals surface area contributed by atoms with Gasteiger partial charge in [-0.1, -0.05) is 0 Å². The van der Waals surface area contributed by atoms with Crippen molar-refractivity contribution >= 4 is 18.7 Å². The van der Waals surface area contributed by atoms with Crippen LogP contribution in [0, 0.1) is 29.2 Å². The van der Waals surface area contributed by atoms with E-state index in [1.165, 1.54) is 17.2 Å². The number of fused-ring (bicyclic) bond motifs is 1. The van der Waals surface area contributed by atoms with Gasteiger partial charge in [0, 0.05) is 0 Å². The third kappa shape index (κ3) is 3.31. The van der Waals surface area contributed by atoms with Gasteiger partial charge in [-0.05, 0) is 0 Å². The number of pyridine rings is 1. The van der Waals surface area contributed by atoms with Crippen LogP contribution in [0.2, 0.25) is 0 Å². The fraction of sp³-hybridized carbons (Fsp3) is 0.556. The summed E-state index contributed by atoms with van der Waals surface area (Å²) in [7, 11) is 2.71. The molecule has 1 saturated carbocycles. The van der Waals surface area contributed by atoms with Gasteiger partial charge in [-0.3, -0.25) is 0 Å². The molecule has 3 aliphatic rings. The Morgan fingerprint density at radius 2 is 2.36 bits per heavy atom. The summed E-state index contributed by atoms with van der Waals surface area (Å²) in [5, 5.41) is 11.9. The molecule has 1 amide bonds. The molecular formula is C18H20BFN4O4. The van der Waals surface area contributed by atoms with Crippen LogP contribution >= 0.6 is 0 Å². The van der Waals surface area contributed by atoms with Crippen LogP contribution < -0.4 is 10.1 Å². The number of nitriles is 1. The minimum atomic E-state index is -1.14. The van der Waals surface area contributed by atoms with E-state index in [1.807, 2.05) is 0 Å². The van der Waals surface area contributed by atoms with E-state index in [2.05, 4.69) is 10.3 Å². The van der Waals surface area contributed by atoms with Crippen LogP contribution in [0.3, 0.4) is 0 Å². The van der Waals surface area contributed by atoms with E-state index in [0.717, 1.165) is 26.2 Å². The van der Waals surface area contributed by atoms with Crippen molar-refractivity contribution in [1.82, 2.24) is 15.2 Å². The van der Waals surface area contributed by atoms with Gasteiger partial charge in [-0.15, -0.1) is 0 Å². The van der Waals surface area contributed by atoms with E-state index in [-0.39, 0.29) is 23.8 Å². The van der Waals surface area contributed by atoms with Gasteiger partial charge in [0.15, 0.2) is 0 Å². The normalized spacial score (nSPS) is 28.0. The van der Waals surface area contributed by atoms with E-state index >= 15 is 0 Å². The molecule has 1 aromatic rings. The number of nitrogens with zero attached hydrogens (tertiary/aromatic N) is 3. The Kier molecular flexibility index (Phi) is 4.93. The zero-order valence-electron chi connectivity index (χ0n) is 15.5. The predicted molar refractivity (Wildman–Crippen MR) is 96.4 cm³/mol. The molecule has 1 N–H and O–H groups in total. The van der Waals surface area contributed by atoms with Crippen molar-refractivity contribution in [3.63, 3.8) is 0 Å². The zero-order chi connectivity index (χ0) is 19.7. The number of rotatable bonds is 5. The molecule has 1 aromatic heterocycles. The van der Waals surface area contributed by atoms with Gasteiger partial charge in [0.2, 0.25) is 0 Å². The monoisotopic (exact) mass is 386 g/mol. The number of amides is 1. The predicted octanol–water partition coefficient (Wildman–Crippen LogP) is 0.507. The van der Waals surface area contributed by atoms with Crippen molar-refractivity contribution in [3.05, 3.63) is 23.6 Å². The van der Waals surface area contributed by atoms with Crippen molar-refractivity contribution in [2.75, 3.05) is 26.9 Å². The molecule has 2 aliphatic heterocycles. The van der Waals surface area contributed by atoms with E-state index in [9.17, 15) is 9.18 Å². The number of ether oxygens (including phenoxy) is 2.